The predicted octanol–water partition coefficient (Wildman–Crippen LogP) is -2.08. The molecule has 266 valence electrons. The first-order chi connectivity index (χ1) is 23.1. The molecule has 0 aliphatic carbocycles. The molecule has 1 unspecified atom stereocenters. The quantitative estimate of drug-likeness (QED) is 0.117. The van der Waals surface area contributed by atoms with E-state index in [0.29, 0.717) is 28.2 Å². The van der Waals surface area contributed by atoms with Crippen LogP contribution in [0.1, 0.15) is 28.7 Å². The van der Waals surface area contributed by atoms with E-state index in [-0.39, 0.29) is 24.7 Å². The number of ether oxygens (including phenoxy) is 7. The zero-order chi connectivity index (χ0) is 34.7. The first-order valence-corrected chi connectivity index (χ1v) is 15.3. The molecular weight excluding hydrogens is 640 g/mol. The highest BCUT2D eigenvalue weighted by Gasteiger charge is 2.46. The van der Waals surface area contributed by atoms with Gasteiger partial charge in [-0.3, -0.25) is 0 Å². The summed E-state index contributed by atoms with van der Waals surface area (Å²) in [5.41, 5.74) is 1.85. The maximum Gasteiger partial charge on any atom is 0.229 e. The van der Waals surface area contributed by atoms with Gasteiger partial charge in [0.1, 0.15) is 54.9 Å². The van der Waals surface area contributed by atoms with E-state index in [2.05, 4.69) is 0 Å². The standard InChI is InChI=1S/C32H42O16/c1-42-18-6-5-15(10-19(18)45-32-28(41)26(39)24(37)22(13-35)47-32)29-17(11-33)16-8-14(9-20(43-2)30(16)48-29)4-3-7-44-31-27(40)25(38)23(36)21(12-34)46-31/h3-6,8-10,17,21-29,31-41H,7,11-13H2,1-2H3/b4-3+/t17-,21+,22+,23+,24+,25+,26+,27+,28+,29?,31+,32+/m0/s1. The molecule has 2 saturated heterocycles. The first kappa shape index (κ1) is 36.2. The molecule has 2 aromatic carbocycles. The number of fused-ring (bicyclic) bond motifs is 1. The lowest BCUT2D eigenvalue weighted by Gasteiger charge is -2.39. The van der Waals surface area contributed by atoms with Crippen molar-refractivity contribution in [3.05, 3.63) is 53.1 Å². The fraction of sp³-hybridized carbons (Fsp3) is 0.562. The molecule has 3 heterocycles. The Morgan fingerprint density at radius 2 is 1.31 bits per heavy atom. The number of hydrogen-bond acceptors (Lipinski definition) is 16. The van der Waals surface area contributed by atoms with E-state index in [1.165, 1.54) is 14.2 Å². The molecule has 16 heteroatoms. The fourth-order valence-electron chi connectivity index (χ4n) is 5.95. The Kier molecular flexibility index (Phi) is 11.8. The van der Waals surface area contributed by atoms with Crippen molar-refractivity contribution in [2.75, 3.05) is 40.6 Å². The lowest BCUT2D eigenvalue weighted by atomic mass is 9.90. The summed E-state index contributed by atoms with van der Waals surface area (Å²) in [5.74, 6) is 0.576. The van der Waals surface area contributed by atoms with E-state index in [1.807, 2.05) is 0 Å². The van der Waals surface area contributed by atoms with E-state index >= 15 is 0 Å². The zero-order valence-corrected chi connectivity index (χ0v) is 26.2. The second-order valence-corrected chi connectivity index (χ2v) is 11.6. The third-order valence-corrected chi connectivity index (χ3v) is 8.66. The average molecular weight is 683 g/mol. The predicted molar refractivity (Wildman–Crippen MR) is 162 cm³/mol. The van der Waals surface area contributed by atoms with Gasteiger partial charge in [-0.15, -0.1) is 0 Å². The van der Waals surface area contributed by atoms with Gasteiger partial charge < -0.3 is 79.1 Å². The van der Waals surface area contributed by atoms with Gasteiger partial charge in [-0.05, 0) is 35.4 Å². The zero-order valence-electron chi connectivity index (χ0n) is 26.2. The molecule has 2 aromatic rings. The lowest BCUT2D eigenvalue weighted by Crippen LogP contribution is -2.60. The van der Waals surface area contributed by atoms with Gasteiger partial charge in [0, 0.05) is 5.56 Å². The molecule has 3 aliphatic rings. The van der Waals surface area contributed by atoms with E-state index in [4.69, 9.17) is 33.2 Å². The number of methoxy groups -OCH3 is 2. The summed E-state index contributed by atoms with van der Waals surface area (Å²) in [6, 6.07) is 8.39. The van der Waals surface area contributed by atoms with Crippen molar-refractivity contribution < 1.29 is 79.1 Å². The number of aliphatic hydroxyl groups is 9. The Morgan fingerprint density at radius 3 is 1.92 bits per heavy atom. The average Bonchev–Trinajstić information content (AvgIpc) is 3.48. The van der Waals surface area contributed by atoms with Crippen molar-refractivity contribution in [1.82, 2.24) is 0 Å². The summed E-state index contributed by atoms with van der Waals surface area (Å²) in [7, 11) is 2.87. The van der Waals surface area contributed by atoms with E-state index in [1.54, 1.807) is 42.5 Å². The van der Waals surface area contributed by atoms with Gasteiger partial charge in [-0.25, -0.2) is 0 Å². The molecule has 0 spiro atoms. The van der Waals surface area contributed by atoms with Gasteiger partial charge in [0.15, 0.2) is 29.3 Å². The van der Waals surface area contributed by atoms with Crippen LogP contribution in [0.4, 0.5) is 0 Å². The minimum absolute atomic E-state index is 0.0618. The molecule has 0 bridgehead atoms. The largest absolute Gasteiger partial charge is 0.493 e. The summed E-state index contributed by atoms with van der Waals surface area (Å²) >= 11 is 0. The molecule has 2 fully saturated rings. The summed E-state index contributed by atoms with van der Waals surface area (Å²) in [6.45, 7) is -1.58. The van der Waals surface area contributed by atoms with Crippen LogP contribution in [0.3, 0.4) is 0 Å². The van der Waals surface area contributed by atoms with Crippen molar-refractivity contribution in [2.24, 2.45) is 0 Å². The highest BCUT2D eigenvalue weighted by atomic mass is 16.7. The number of aliphatic hydroxyl groups excluding tert-OH is 9. The SMILES string of the molecule is COc1ccc(C2Oc3c(OC)cc(/C=C/CO[C@@H]4O[C@H](CO)[C@@H](O)[C@@H](O)[C@H]4O)cc3[C@@H]2CO)cc1O[C@@H]1O[C@H](CO)[C@@H](O)[C@@H](O)[C@H]1O. The van der Waals surface area contributed by atoms with Crippen LogP contribution >= 0.6 is 0 Å². The summed E-state index contributed by atoms with van der Waals surface area (Å²) < 4.78 is 39.6. The highest BCUT2D eigenvalue weighted by molar-refractivity contribution is 5.62. The monoisotopic (exact) mass is 682 g/mol. The third-order valence-electron chi connectivity index (χ3n) is 8.66. The van der Waals surface area contributed by atoms with Crippen LogP contribution in [0.5, 0.6) is 23.0 Å². The van der Waals surface area contributed by atoms with Crippen molar-refractivity contribution in [1.29, 1.82) is 0 Å². The second-order valence-electron chi connectivity index (χ2n) is 11.6. The van der Waals surface area contributed by atoms with Gasteiger partial charge in [-0.2, -0.15) is 0 Å². The third kappa shape index (κ3) is 7.11. The molecule has 5 rings (SSSR count). The lowest BCUT2D eigenvalue weighted by molar-refractivity contribution is -0.298. The van der Waals surface area contributed by atoms with Gasteiger partial charge in [0.25, 0.3) is 0 Å². The van der Waals surface area contributed by atoms with E-state index in [0.717, 1.165) is 0 Å². The van der Waals surface area contributed by atoms with Gasteiger partial charge in [0.2, 0.25) is 6.29 Å². The smallest absolute Gasteiger partial charge is 0.229 e. The summed E-state index contributed by atoms with van der Waals surface area (Å²) in [5, 5.41) is 90.3. The highest BCUT2D eigenvalue weighted by Crippen LogP contribution is 2.51. The first-order valence-electron chi connectivity index (χ1n) is 15.3. The van der Waals surface area contributed by atoms with Gasteiger partial charge in [0.05, 0.1) is 46.6 Å². The Morgan fingerprint density at radius 1 is 0.688 bits per heavy atom. The molecule has 0 aromatic heterocycles. The van der Waals surface area contributed by atoms with Crippen molar-refractivity contribution in [3.63, 3.8) is 0 Å². The molecule has 48 heavy (non-hydrogen) atoms. The van der Waals surface area contributed by atoms with Crippen LogP contribution in [0.15, 0.2) is 36.4 Å². The maximum absolute atomic E-state index is 10.5. The van der Waals surface area contributed by atoms with E-state index < -0.39 is 86.6 Å². The molecule has 0 saturated carbocycles. The Bertz CT molecular complexity index is 1400. The van der Waals surface area contributed by atoms with Crippen LogP contribution in [-0.4, -0.2) is 148 Å². The minimum atomic E-state index is -1.65. The Balaban J connectivity index is 1.33. The molecule has 0 radical (unpaired) electrons. The number of hydrogen-bond donors (Lipinski definition) is 9. The molecular formula is C32H42O16. The number of rotatable bonds is 12. The Hall–Kier alpha value is -3.10. The maximum atomic E-state index is 10.5. The molecule has 9 N–H and O–H groups in total. The minimum Gasteiger partial charge on any atom is -0.493 e. The molecule has 0 amide bonds. The van der Waals surface area contributed by atoms with E-state index in [9.17, 15) is 46.0 Å². The van der Waals surface area contributed by atoms with Crippen LogP contribution in [0.2, 0.25) is 0 Å². The van der Waals surface area contributed by atoms with Crippen molar-refractivity contribution in [2.45, 2.75) is 73.4 Å². The number of benzene rings is 2. The van der Waals surface area contributed by atoms with Crippen molar-refractivity contribution >= 4 is 6.08 Å². The fourth-order valence-corrected chi connectivity index (χ4v) is 5.95. The summed E-state index contributed by atoms with van der Waals surface area (Å²) in [6.07, 6.45) is -11.9. The normalized spacial score (nSPS) is 34.9. The molecule has 12 atom stereocenters. The van der Waals surface area contributed by atoms with Gasteiger partial charge in [-0.1, -0.05) is 18.2 Å². The molecule has 3 aliphatic heterocycles. The Labute approximate surface area is 275 Å². The van der Waals surface area contributed by atoms with Crippen LogP contribution in [-0.2, 0) is 14.2 Å². The van der Waals surface area contributed by atoms with Gasteiger partial charge >= 0.3 is 0 Å². The van der Waals surface area contributed by atoms with Crippen LogP contribution in [0.25, 0.3) is 6.08 Å². The van der Waals surface area contributed by atoms with Crippen LogP contribution < -0.4 is 18.9 Å². The van der Waals surface area contributed by atoms with Crippen molar-refractivity contribution in [3.8, 4) is 23.0 Å². The molecule has 16 nitrogen and oxygen atoms in total. The second kappa shape index (κ2) is 15.6. The topological polar surface area (TPSA) is 247 Å². The summed E-state index contributed by atoms with van der Waals surface area (Å²) in [4.78, 5) is 0. The van der Waals surface area contributed by atoms with Crippen LogP contribution in [0, 0.1) is 0 Å².